The van der Waals surface area contributed by atoms with Crippen LogP contribution < -0.4 is 5.48 Å². The van der Waals surface area contributed by atoms with Gasteiger partial charge in [0.1, 0.15) is 0 Å². The maximum absolute atomic E-state index is 12.7. The molecule has 0 radical (unpaired) electrons. The smallest absolute Gasteiger partial charge is 0.267 e. The van der Waals surface area contributed by atoms with Gasteiger partial charge in [0.25, 0.3) is 5.91 Å². The molecule has 7 nitrogen and oxygen atoms in total. The summed E-state index contributed by atoms with van der Waals surface area (Å²) < 4.78 is 26.9. The first-order chi connectivity index (χ1) is 13.5. The Bertz CT molecular complexity index is 920. The number of benzene rings is 2. The highest BCUT2D eigenvalue weighted by molar-refractivity contribution is 7.89. The number of amides is 1. The van der Waals surface area contributed by atoms with Crippen molar-refractivity contribution in [2.24, 2.45) is 0 Å². The van der Waals surface area contributed by atoms with Gasteiger partial charge in [-0.3, -0.25) is 14.9 Å². The summed E-state index contributed by atoms with van der Waals surface area (Å²) in [4.78, 5) is 13.6. The molecule has 1 amide bonds. The Morgan fingerprint density at radius 2 is 1.64 bits per heavy atom. The number of rotatable bonds is 6. The first kappa shape index (κ1) is 20.2. The molecule has 1 aliphatic heterocycles. The molecule has 0 atom stereocenters. The molecule has 148 valence electrons. The zero-order valence-corrected chi connectivity index (χ0v) is 16.2. The fraction of sp³-hybridized carbons (Fsp3) is 0.250. The van der Waals surface area contributed by atoms with E-state index in [-0.39, 0.29) is 0 Å². The Kier molecular flexibility index (Phi) is 6.58. The lowest BCUT2D eigenvalue weighted by Crippen LogP contribution is -2.48. The number of piperazine rings is 1. The highest BCUT2D eigenvalue weighted by atomic mass is 32.2. The van der Waals surface area contributed by atoms with Gasteiger partial charge in [-0.05, 0) is 29.3 Å². The molecule has 2 aromatic rings. The van der Waals surface area contributed by atoms with Gasteiger partial charge in [0.05, 0.1) is 4.90 Å². The van der Waals surface area contributed by atoms with E-state index in [9.17, 15) is 13.2 Å². The number of nitrogens with one attached hydrogen (secondary N) is 1. The van der Waals surface area contributed by atoms with Crippen LogP contribution >= 0.6 is 0 Å². The first-order valence-electron chi connectivity index (χ1n) is 8.98. The van der Waals surface area contributed by atoms with Crippen molar-refractivity contribution in [1.29, 1.82) is 0 Å². The summed E-state index contributed by atoms with van der Waals surface area (Å²) in [5, 5.41) is 8.48. The SMILES string of the molecule is O=C(C=Cc1ccc(CN2CCN(S(=O)(=O)c3ccccc3)CC2)cc1)NO. The average molecular weight is 401 g/mol. The van der Waals surface area contributed by atoms with E-state index in [1.807, 2.05) is 24.3 Å². The molecule has 0 bridgehead atoms. The van der Waals surface area contributed by atoms with E-state index >= 15 is 0 Å². The van der Waals surface area contributed by atoms with Crippen LogP contribution in [0.5, 0.6) is 0 Å². The quantitative estimate of drug-likeness (QED) is 0.437. The molecule has 2 aromatic carbocycles. The Morgan fingerprint density at radius 1 is 1.00 bits per heavy atom. The summed E-state index contributed by atoms with van der Waals surface area (Å²) in [6.07, 6.45) is 2.87. The number of nitrogens with zero attached hydrogens (tertiary/aromatic N) is 2. The van der Waals surface area contributed by atoms with Crippen molar-refractivity contribution in [2.75, 3.05) is 26.2 Å². The topological polar surface area (TPSA) is 90.0 Å². The third-order valence-corrected chi connectivity index (χ3v) is 6.55. The molecular weight excluding hydrogens is 378 g/mol. The van der Waals surface area contributed by atoms with Crippen LogP contribution in [0.15, 0.2) is 65.6 Å². The summed E-state index contributed by atoms with van der Waals surface area (Å²) in [5.41, 5.74) is 3.51. The third-order valence-electron chi connectivity index (χ3n) is 4.64. The van der Waals surface area contributed by atoms with Crippen LogP contribution in [0.25, 0.3) is 6.08 Å². The predicted octanol–water partition coefficient (Wildman–Crippen LogP) is 1.71. The van der Waals surface area contributed by atoms with E-state index < -0.39 is 15.9 Å². The molecule has 2 N–H and O–H groups in total. The van der Waals surface area contributed by atoms with Crippen molar-refractivity contribution in [1.82, 2.24) is 14.7 Å². The van der Waals surface area contributed by atoms with E-state index in [1.54, 1.807) is 46.2 Å². The zero-order valence-electron chi connectivity index (χ0n) is 15.4. The van der Waals surface area contributed by atoms with E-state index in [1.165, 1.54) is 6.08 Å². The summed E-state index contributed by atoms with van der Waals surface area (Å²) in [6, 6.07) is 16.3. The monoisotopic (exact) mass is 401 g/mol. The van der Waals surface area contributed by atoms with Crippen molar-refractivity contribution in [3.63, 3.8) is 0 Å². The first-order valence-corrected chi connectivity index (χ1v) is 10.4. The summed E-state index contributed by atoms with van der Waals surface area (Å²) in [7, 11) is -3.43. The van der Waals surface area contributed by atoms with Gasteiger partial charge >= 0.3 is 0 Å². The van der Waals surface area contributed by atoms with Crippen LogP contribution in [0.3, 0.4) is 0 Å². The zero-order chi connectivity index (χ0) is 20.0. The predicted molar refractivity (Wildman–Crippen MR) is 106 cm³/mol. The molecular formula is C20H23N3O4S. The van der Waals surface area contributed by atoms with Crippen molar-refractivity contribution in [3.8, 4) is 0 Å². The maximum atomic E-state index is 12.7. The number of carbonyl (C=O) groups excluding carboxylic acids is 1. The van der Waals surface area contributed by atoms with Gasteiger partial charge in [0.15, 0.2) is 0 Å². The molecule has 1 heterocycles. The van der Waals surface area contributed by atoms with Crippen LogP contribution in [0.4, 0.5) is 0 Å². The number of carbonyl (C=O) groups is 1. The van der Waals surface area contributed by atoms with Crippen LogP contribution in [0, 0.1) is 0 Å². The molecule has 0 spiro atoms. The maximum Gasteiger partial charge on any atom is 0.267 e. The van der Waals surface area contributed by atoms with E-state index in [4.69, 9.17) is 5.21 Å². The summed E-state index contributed by atoms with van der Waals surface area (Å²) >= 11 is 0. The Hall–Kier alpha value is -2.52. The normalized spacial score (nSPS) is 16.3. The molecule has 0 saturated carbocycles. The lowest BCUT2D eigenvalue weighted by Gasteiger charge is -2.34. The number of hydroxylamine groups is 1. The van der Waals surface area contributed by atoms with Gasteiger partial charge < -0.3 is 0 Å². The Labute approximate surface area is 164 Å². The molecule has 0 unspecified atom stereocenters. The van der Waals surface area contributed by atoms with Gasteiger partial charge in [0.2, 0.25) is 10.0 Å². The summed E-state index contributed by atoms with van der Waals surface area (Å²) in [6.45, 7) is 3.01. The van der Waals surface area contributed by atoms with Crippen molar-refractivity contribution < 1.29 is 18.4 Å². The number of hydrogen-bond acceptors (Lipinski definition) is 5. The van der Waals surface area contributed by atoms with Crippen LogP contribution in [-0.4, -0.2) is 54.9 Å². The van der Waals surface area contributed by atoms with Gasteiger partial charge in [-0.2, -0.15) is 4.31 Å². The largest absolute Gasteiger partial charge is 0.296 e. The van der Waals surface area contributed by atoms with Gasteiger partial charge in [0, 0.05) is 38.8 Å². The number of sulfonamides is 1. The van der Waals surface area contributed by atoms with Crippen molar-refractivity contribution >= 4 is 22.0 Å². The van der Waals surface area contributed by atoms with Crippen molar-refractivity contribution in [3.05, 3.63) is 71.8 Å². The second kappa shape index (κ2) is 9.11. The molecule has 1 fully saturated rings. The minimum absolute atomic E-state index is 0.335. The van der Waals surface area contributed by atoms with E-state index in [2.05, 4.69) is 4.90 Å². The second-order valence-corrected chi connectivity index (χ2v) is 8.48. The fourth-order valence-corrected chi connectivity index (χ4v) is 4.51. The van der Waals surface area contributed by atoms with Gasteiger partial charge in [-0.25, -0.2) is 13.9 Å². The minimum atomic E-state index is -3.43. The lowest BCUT2D eigenvalue weighted by molar-refractivity contribution is -0.124. The van der Waals surface area contributed by atoms with Crippen molar-refractivity contribution in [2.45, 2.75) is 11.4 Å². The molecule has 1 aliphatic rings. The fourth-order valence-electron chi connectivity index (χ4n) is 3.07. The van der Waals surface area contributed by atoms with Gasteiger partial charge in [-0.15, -0.1) is 0 Å². The van der Waals surface area contributed by atoms with E-state index in [0.29, 0.717) is 31.1 Å². The molecule has 3 rings (SSSR count). The molecule has 28 heavy (non-hydrogen) atoms. The van der Waals surface area contributed by atoms with Crippen LogP contribution in [0.1, 0.15) is 11.1 Å². The molecule has 0 aliphatic carbocycles. The highest BCUT2D eigenvalue weighted by Crippen LogP contribution is 2.18. The van der Waals surface area contributed by atoms with Crippen LogP contribution in [-0.2, 0) is 21.4 Å². The Balaban J connectivity index is 1.54. The molecule has 1 saturated heterocycles. The van der Waals surface area contributed by atoms with Crippen LogP contribution in [0.2, 0.25) is 0 Å². The lowest BCUT2D eigenvalue weighted by atomic mass is 10.1. The standard InChI is InChI=1S/C20H23N3O4S/c24-20(21-25)11-10-17-6-8-18(9-7-17)16-22-12-14-23(15-13-22)28(26,27)19-4-2-1-3-5-19/h1-11,25H,12-16H2,(H,21,24). The van der Waals surface area contributed by atoms with Gasteiger partial charge in [-0.1, -0.05) is 42.5 Å². The Morgan fingerprint density at radius 3 is 2.25 bits per heavy atom. The average Bonchev–Trinajstić information content (AvgIpc) is 2.74. The number of hydrogen-bond donors (Lipinski definition) is 2. The second-order valence-electron chi connectivity index (χ2n) is 6.54. The molecule has 8 heteroatoms. The van der Waals surface area contributed by atoms with E-state index in [0.717, 1.165) is 17.7 Å². The molecule has 0 aromatic heterocycles. The summed E-state index contributed by atoms with van der Waals surface area (Å²) in [5.74, 6) is -0.576. The minimum Gasteiger partial charge on any atom is -0.296 e. The third kappa shape index (κ3) is 5.05. The highest BCUT2D eigenvalue weighted by Gasteiger charge is 2.28.